The topological polar surface area (TPSA) is 65.4 Å². The number of nitriles is 1. The lowest BCUT2D eigenvalue weighted by Crippen LogP contribution is -1.91. The Morgan fingerprint density at radius 1 is 1.62 bits per heavy atom. The third-order valence-electron chi connectivity index (χ3n) is 1.37. The van der Waals surface area contributed by atoms with Crippen molar-refractivity contribution in [2.24, 2.45) is 0 Å². The van der Waals surface area contributed by atoms with Crippen LogP contribution in [0.15, 0.2) is 0 Å². The van der Waals surface area contributed by atoms with Crippen LogP contribution in [-0.4, -0.2) is 20.4 Å². The first kappa shape index (κ1) is 10.1. The molecule has 1 N–H and O–H groups in total. The minimum atomic E-state index is 0.281. The summed E-state index contributed by atoms with van der Waals surface area (Å²) in [5.41, 5.74) is 0. The lowest BCUT2D eigenvalue weighted by Gasteiger charge is -1.99. The summed E-state index contributed by atoms with van der Waals surface area (Å²) in [6.07, 6.45) is 0.281. The van der Waals surface area contributed by atoms with Crippen LogP contribution in [0.25, 0.3) is 0 Å². The molecule has 0 aliphatic heterocycles. The molecule has 0 spiro atoms. The maximum Gasteiger partial charge on any atom is 0.164 e. The number of H-pyrrole nitrogens is 1. The van der Waals surface area contributed by atoms with Crippen molar-refractivity contribution in [2.45, 2.75) is 31.3 Å². The van der Waals surface area contributed by atoms with Crippen LogP contribution in [0.1, 0.15) is 25.5 Å². The van der Waals surface area contributed by atoms with E-state index in [2.05, 4.69) is 29.0 Å². The molecule has 0 bridgehead atoms. The smallest absolute Gasteiger partial charge is 0.164 e. The maximum atomic E-state index is 8.40. The van der Waals surface area contributed by atoms with Crippen molar-refractivity contribution in [1.29, 1.82) is 5.26 Å². The maximum absolute atomic E-state index is 8.40. The molecule has 0 amide bonds. The van der Waals surface area contributed by atoms with Gasteiger partial charge >= 0.3 is 0 Å². The molecule has 1 rings (SSSR count). The molecule has 0 saturated carbocycles. The lowest BCUT2D eigenvalue weighted by atomic mass is 10.5. The summed E-state index contributed by atoms with van der Waals surface area (Å²) in [5.74, 6) is 2.27. The van der Waals surface area contributed by atoms with Crippen LogP contribution in [-0.2, 0) is 12.2 Å². The van der Waals surface area contributed by atoms with Crippen LogP contribution >= 0.6 is 11.8 Å². The molecule has 0 saturated heterocycles. The van der Waals surface area contributed by atoms with Gasteiger partial charge in [-0.25, -0.2) is 4.98 Å². The fourth-order valence-electron chi connectivity index (χ4n) is 0.795. The van der Waals surface area contributed by atoms with Gasteiger partial charge in [0.2, 0.25) is 0 Å². The van der Waals surface area contributed by atoms with Gasteiger partial charge in [0.05, 0.1) is 18.2 Å². The largest absolute Gasteiger partial charge is 0.262 e. The van der Waals surface area contributed by atoms with Gasteiger partial charge in [-0.3, -0.25) is 5.10 Å². The van der Waals surface area contributed by atoms with E-state index in [1.54, 1.807) is 11.8 Å². The monoisotopic (exact) mass is 196 g/mol. The summed E-state index contributed by atoms with van der Waals surface area (Å²) in [4.78, 5) is 4.16. The summed E-state index contributed by atoms with van der Waals surface area (Å²) in [6.45, 7) is 4.27. The van der Waals surface area contributed by atoms with Crippen molar-refractivity contribution in [3.8, 4) is 6.07 Å². The molecule has 0 aliphatic carbocycles. The highest BCUT2D eigenvalue weighted by atomic mass is 32.2. The molecule has 5 heteroatoms. The minimum absolute atomic E-state index is 0.281. The van der Waals surface area contributed by atoms with Crippen molar-refractivity contribution >= 4 is 11.8 Å². The average Bonchev–Trinajstić information content (AvgIpc) is 2.50. The van der Waals surface area contributed by atoms with E-state index in [1.807, 2.05) is 6.07 Å². The molecule has 0 aliphatic rings. The Kier molecular flexibility index (Phi) is 3.77. The average molecular weight is 196 g/mol. The second kappa shape index (κ2) is 4.87. The SMILES string of the molecule is CC(C)SCc1nc(CC#N)n[nH]1. The van der Waals surface area contributed by atoms with Crippen LogP contribution in [0.3, 0.4) is 0 Å². The Bertz CT molecular complexity index is 299. The molecule has 0 unspecified atom stereocenters. The molecular formula is C8H12N4S. The minimum Gasteiger partial charge on any atom is -0.262 e. The van der Waals surface area contributed by atoms with Crippen molar-refractivity contribution in [2.75, 3.05) is 0 Å². The zero-order chi connectivity index (χ0) is 9.68. The fourth-order valence-corrected chi connectivity index (χ4v) is 1.42. The van der Waals surface area contributed by atoms with Gasteiger partial charge < -0.3 is 0 Å². The van der Waals surface area contributed by atoms with Gasteiger partial charge in [0.25, 0.3) is 0 Å². The van der Waals surface area contributed by atoms with E-state index in [9.17, 15) is 0 Å². The van der Waals surface area contributed by atoms with Crippen molar-refractivity contribution in [3.63, 3.8) is 0 Å². The molecule has 1 heterocycles. The van der Waals surface area contributed by atoms with E-state index < -0.39 is 0 Å². The number of hydrogen-bond acceptors (Lipinski definition) is 4. The highest BCUT2D eigenvalue weighted by Crippen LogP contribution is 2.13. The molecule has 1 aromatic heterocycles. The number of nitrogens with zero attached hydrogens (tertiary/aromatic N) is 3. The van der Waals surface area contributed by atoms with Crippen LogP contribution in [0.4, 0.5) is 0 Å². The summed E-state index contributed by atoms with van der Waals surface area (Å²) in [5, 5.41) is 15.7. The standard InChI is InChI=1S/C8H12N4S/c1-6(2)13-5-8-10-7(3-4-9)11-12-8/h6H,3,5H2,1-2H3,(H,10,11,12). The molecule has 1 aromatic rings. The summed E-state index contributed by atoms with van der Waals surface area (Å²) in [6, 6.07) is 2.01. The predicted molar refractivity (Wildman–Crippen MR) is 52.1 cm³/mol. The first-order valence-electron chi connectivity index (χ1n) is 4.11. The third-order valence-corrected chi connectivity index (χ3v) is 2.48. The predicted octanol–water partition coefficient (Wildman–Crippen LogP) is 1.51. The number of aromatic amines is 1. The van der Waals surface area contributed by atoms with Crippen LogP contribution in [0.2, 0.25) is 0 Å². The number of thioether (sulfide) groups is 1. The summed E-state index contributed by atoms with van der Waals surface area (Å²) >= 11 is 1.80. The van der Waals surface area contributed by atoms with Crippen molar-refractivity contribution < 1.29 is 0 Å². The Balaban J connectivity index is 2.45. The molecule has 70 valence electrons. The van der Waals surface area contributed by atoms with Crippen molar-refractivity contribution in [1.82, 2.24) is 15.2 Å². The van der Waals surface area contributed by atoms with Gasteiger partial charge in [-0.15, -0.1) is 0 Å². The van der Waals surface area contributed by atoms with E-state index in [0.717, 1.165) is 11.6 Å². The van der Waals surface area contributed by atoms with Crippen LogP contribution in [0.5, 0.6) is 0 Å². The first-order chi connectivity index (χ1) is 6.22. The molecule has 4 nitrogen and oxygen atoms in total. The molecule has 0 aromatic carbocycles. The normalized spacial score (nSPS) is 10.3. The summed E-state index contributed by atoms with van der Waals surface area (Å²) in [7, 11) is 0. The molecule has 0 radical (unpaired) electrons. The Morgan fingerprint density at radius 3 is 3.00 bits per heavy atom. The van der Waals surface area contributed by atoms with Gasteiger partial charge in [-0.05, 0) is 5.25 Å². The van der Waals surface area contributed by atoms with Gasteiger partial charge in [0.1, 0.15) is 5.82 Å². The highest BCUT2D eigenvalue weighted by Gasteiger charge is 2.03. The van der Waals surface area contributed by atoms with Gasteiger partial charge in [0.15, 0.2) is 5.82 Å². The molecule has 0 fully saturated rings. The zero-order valence-electron chi connectivity index (χ0n) is 7.74. The fraction of sp³-hybridized carbons (Fsp3) is 0.625. The second-order valence-corrected chi connectivity index (χ2v) is 4.46. The van der Waals surface area contributed by atoms with E-state index in [4.69, 9.17) is 5.26 Å². The van der Waals surface area contributed by atoms with Gasteiger partial charge in [-0.1, -0.05) is 13.8 Å². The van der Waals surface area contributed by atoms with E-state index in [1.165, 1.54) is 0 Å². The first-order valence-corrected chi connectivity index (χ1v) is 5.16. The number of aromatic nitrogens is 3. The lowest BCUT2D eigenvalue weighted by molar-refractivity contribution is 0.985. The van der Waals surface area contributed by atoms with E-state index >= 15 is 0 Å². The molecule has 0 atom stereocenters. The Hall–Kier alpha value is -1.02. The Morgan fingerprint density at radius 2 is 2.38 bits per heavy atom. The number of rotatable bonds is 4. The molecular weight excluding hydrogens is 184 g/mol. The molecule has 13 heavy (non-hydrogen) atoms. The second-order valence-electron chi connectivity index (χ2n) is 2.89. The van der Waals surface area contributed by atoms with Crippen molar-refractivity contribution in [3.05, 3.63) is 11.6 Å². The quantitative estimate of drug-likeness (QED) is 0.792. The third kappa shape index (κ3) is 3.47. The summed E-state index contributed by atoms with van der Waals surface area (Å²) < 4.78 is 0. The number of nitrogens with one attached hydrogen (secondary N) is 1. The Labute approximate surface area is 81.8 Å². The van der Waals surface area contributed by atoms with E-state index in [-0.39, 0.29) is 6.42 Å². The highest BCUT2D eigenvalue weighted by molar-refractivity contribution is 7.99. The van der Waals surface area contributed by atoms with E-state index in [0.29, 0.717) is 11.1 Å². The van der Waals surface area contributed by atoms with Gasteiger partial charge in [-0.2, -0.15) is 22.1 Å². The van der Waals surface area contributed by atoms with Crippen LogP contribution < -0.4 is 0 Å². The van der Waals surface area contributed by atoms with Crippen LogP contribution in [0, 0.1) is 11.3 Å². The van der Waals surface area contributed by atoms with Gasteiger partial charge in [0, 0.05) is 0 Å². The zero-order valence-corrected chi connectivity index (χ0v) is 8.56. The number of hydrogen-bond donors (Lipinski definition) is 1.